The summed E-state index contributed by atoms with van der Waals surface area (Å²) in [6, 6.07) is 16.7. The first kappa shape index (κ1) is 17.0. The van der Waals surface area contributed by atoms with Crippen LogP contribution in [0.3, 0.4) is 0 Å². The molecule has 1 aliphatic heterocycles. The minimum Gasteiger partial charge on any atom is -0.338 e. The number of benzene rings is 1. The fraction of sp³-hybridized carbons (Fsp3) is 0.333. The van der Waals surface area contributed by atoms with Gasteiger partial charge in [0.2, 0.25) is 0 Å². The van der Waals surface area contributed by atoms with Crippen LogP contribution in [0.2, 0.25) is 0 Å². The SMILES string of the molecule is Cc1cc(-c2ccc(C(=O)N3CCC(c4ccccc4)CC3)s2)nn1C. The van der Waals surface area contributed by atoms with Crippen molar-refractivity contribution in [3.05, 3.63) is 64.7 Å². The van der Waals surface area contributed by atoms with Gasteiger partial charge in [-0.3, -0.25) is 9.48 Å². The Morgan fingerprint density at radius 1 is 1.12 bits per heavy atom. The van der Waals surface area contributed by atoms with Crippen LogP contribution in [0.1, 0.15) is 39.7 Å². The molecule has 1 fully saturated rings. The molecule has 0 radical (unpaired) electrons. The minimum atomic E-state index is 0.153. The molecule has 1 aromatic carbocycles. The van der Waals surface area contributed by atoms with E-state index < -0.39 is 0 Å². The van der Waals surface area contributed by atoms with Gasteiger partial charge in [-0.25, -0.2) is 0 Å². The first-order chi connectivity index (χ1) is 12.6. The van der Waals surface area contributed by atoms with Gasteiger partial charge in [-0.1, -0.05) is 30.3 Å². The highest BCUT2D eigenvalue weighted by molar-refractivity contribution is 7.17. The van der Waals surface area contributed by atoms with Crippen LogP contribution in [-0.2, 0) is 7.05 Å². The lowest BCUT2D eigenvalue weighted by atomic mass is 9.89. The Labute approximate surface area is 158 Å². The van der Waals surface area contributed by atoms with Crippen molar-refractivity contribution in [3.8, 4) is 10.6 Å². The lowest BCUT2D eigenvalue weighted by Gasteiger charge is -2.32. The van der Waals surface area contributed by atoms with Crippen LogP contribution in [0.4, 0.5) is 0 Å². The monoisotopic (exact) mass is 365 g/mol. The third-order valence-electron chi connectivity index (χ3n) is 5.24. The van der Waals surface area contributed by atoms with E-state index in [2.05, 4.69) is 41.5 Å². The van der Waals surface area contributed by atoms with E-state index in [1.165, 1.54) is 16.9 Å². The van der Waals surface area contributed by atoms with Crippen molar-refractivity contribution >= 4 is 17.2 Å². The van der Waals surface area contributed by atoms with E-state index in [0.717, 1.165) is 47.1 Å². The number of rotatable bonds is 3. The first-order valence-corrected chi connectivity index (χ1v) is 9.88. The number of hydrogen-bond donors (Lipinski definition) is 0. The van der Waals surface area contributed by atoms with Crippen molar-refractivity contribution < 1.29 is 4.79 Å². The summed E-state index contributed by atoms with van der Waals surface area (Å²) in [7, 11) is 1.94. The normalized spacial score (nSPS) is 15.4. The first-order valence-electron chi connectivity index (χ1n) is 9.07. The number of thiophene rings is 1. The molecule has 5 heteroatoms. The summed E-state index contributed by atoms with van der Waals surface area (Å²) in [5.41, 5.74) is 3.45. The van der Waals surface area contributed by atoms with Crippen LogP contribution >= 0.6 is 11.3 Å². The summed E-state index contributed by atoms with van der Waals surface area (Å²) >= 11 is 1.54. The van der Waals surface area contributed by atoms with Crippen LogP contribution in [0, 0.1) is 6.92 Å². The molecule has 4 rings (SSSR count). The van der Waals surface area contributed by atoms with Gasteiger partial charge in [0.1, 0.15) is 5.69 Å². The molecule has 0 atom stereocenters. The molecule has 0 bridgehead atoms. The van der Waals surface area contributed by atoms with Gasteiger partial charge in [0, 0.05) is 25.8 Å². The Morgan fingerprint density at radius 2 is 1.85 bits per heavy atom. The summed E-state index contributed by atoms with van der Waals surface area (Å²) in [5, 5.41) is 4.51. The van der Waals surface area contributed by atoms with E-state index in [0.29, 0.717) is 5.92 Å². The smallest absolute Gasteiger partial charge is 0.263 e. The number of piperidine rings is 1. The van der Waals surface area contributed by atoms with Gasteiger partial charge < -0.3 is 4.90 Å². The van der Waals surface area contributed by atoms with E-state index in [1.54, 1.807) is 0 Å². The standard InChI is InChI=1S/C21H23N3OS/c1-15-14-18(22-23(15)2)19-8-9-20(26-19)21(25)24-12-10-17(11-13-24)16-6-4-3-5-7-16/h3-9,14,17H,10-13H2,1-2H3. The van der Waals surface area contributed by atoms with Crippen molar-refractivity contribution in [2.45, 2.75) is 25.7 Å². The molecular formula is C21H23N3OS. The van der Waals surface area contributed by atoms with Crippen molar-refractivity contribution in [2.75, 3.05) is 13.1 Å². The highest BCUT2D eigenvalue weighted by Gasteiger charge is 2.25. The highest BCUT2D eigenvalue weighted by Crippen LogP contribution is 2.31. The van der Waals surface area contributed by atoms with Crippen LogP contribution < -0.4 is 0 Å². The number of hydrogen-bond acceptors (Lipinski definition) is 3. The molecule has 1 saturated heterocycles. The molecule has 3 heterocycles. The van der Waals surface area contributed by atoms with Gasteiger partial charge in [0.15, 0.2) is 0 Å². The van der Waals surface area contributed by atoms with E-state index in [4.69, 9.17) is 0 Å². The Kier molecular flexibility index (Phi) is 4.64. The average molecular weight is 366 g/mol. The van der Waals surface area contributed by atoms with Crippen molar-refractivity contribution in [3.63, 3.8) is 0 Å². The third-order valence-corrected chi connectivity index (χ3v) is 6.33. The summed E-state index contributed by atoms with van der Waals surface area (Å²) in [6.45, 7) is 3.69. The molecule has 0 unspecified atom stereocenters. The molecule has 4 nitrogen and oxygen atoms in total. The second kappa shape index (κ2) is 7.08. The van der Waals surface area contributed by atoms with Gasteiger partial charge in [0.25, 0.3) is 5.91 Å². The fourth-order valence-electron chi connectivity index (χ4n) is 3.57. The number of aromatic nitrogens is 2. The molecule has 0 aliphatic carbocycles. The molecule has 26 heavy (non-hydrogen) atoms. The number of likely N-dealkylation sites (tertiary alicyclic amines) is 1. The average Bonchev–Trinajstić information content (AvgIpc) is 3.29. The zero-order valence-electron chi connectivity index (χ0n) is 15.2. The van der Waals surface area contributed by atoms with Crippen LogP contribution in [-0.4, -0.2) is 33.7 Å². The van der Waals surface area contributed by atoms with Gasteiger partial charge >= 0.3 is 0 Å². The van der Waals surface area contributed by atoms with E-state index in [1.807, 2.05) is 35.7 Å². The van der Waals surface area contributed by atoms with Gasteiger partial charge in [-0.05, 0) is 49.4 Å². The van der Waals surface area contributed by atoms with Crippen molar-refractivity contribution in [1.29, 1.82) is 0 Å². The summed E-state index contributed by atoms with van der Waals surface area (Å²) in [5.74, 6) is 0.719. The zero-order chi connectivity index (χ0) is 18.1. The molecule has 1 amide bonds. The minimum absolute atomic E-state index is 0.153. The largest absolute Gasteiger partial charge is 0.338 e. The Bertz CT molecular complexity index is 885. The maximum absolute atomic E-state index is 12.9. The predicted octanol–water partition coefficient (Wildman–Crippen LogP) is 4.48. The Balaban J connectivity index is 1.43. The molecule has 134 valence electrons. The zero-order valence-corrected chi connectivity index (χ0v) is 16.0. The van der Waals surface area contributed by atoms with Crippen molar-refractivity contribution in [2.24, 2.45) is 7.05 Å². The van der Waals surface area contributed by atoms with Crippen molar-refractivity contribution in [1.82, 2.24) is 14.7 Å². The van der Waals surface area contributed by atoms with Gasteiger partial charge in [0.05, 0.1) is 9.75 Å². The lowest BCUT2D eigenvalue weighted by molar-refractivity contribution is 0.0718. The van der Waals surface area contributed by atoms with Crippen LogP contribution in [0.5, 0.6) is 0 Å². The predicted molar refractivity (Wildman–Crippen MR) is 106 cm³/mol. The molecule has 1 aliphatic rings. The highest BCUT2D eigenvalue weighted by atomic mass is 32.1. The Hall–Kier alpha value is -2.40. The fourth-order valence-corrected chi connectivity index (χ4v) is 4.50. The molecule has 0 saturated carbocycles. The number of amides is 1. The number of nitrogens with zero attached hydrogens (tertiary/aromatic N) is 3. The van der Waals surface area contributed by atoms with E-state index >= 15 is 0 Å². The number of aryl methyl sites for hydroxylation is 2. The molecule has 2 aromatic heterocycles. The summed E-state index contributed by atoms with van der Waals surface area (Å²) in [6.07, 6.45) is 2.07. The van der Waals surface area contributed by atoms with E-state index in [-0.39, 0.29) is 5.91 Å². The molecular weight excluding hydrogens is 342 g/mol. The third kappa shape index (κ3) is 3.31. The van der Waals surface area contributed by atoms with Crippen LogP contribution in [0.15, 0.2) is 48.5 Å². The summed E-state index contributed by atoms with van der Waals surface area (Å²) < 4.78 is 1.87. The second-order valence-corrected chi connectivity index (χ2v) is 8.02. The second-order valence-electron chi connectivity index (χ2n) is 6.94. The number of carbonyl (C=O) groups is 1. The van der Waals surface area contributed by atoms with Gasteiger partial charge in [-0.2, -0.15) is 5.10 Å². The topological polar surface area (TPSA) is 38.1 Å². The van der Waals surface area contributed by atoms with Crippen LogP contribution in [0.25, 0.3) is 10.6 Å². The molecule has 3 aromatic rings. The Morgan fingerprint density at radius 3 is 2.50 bits per heavy atom. The maximum Gasteiger partial charge on any atom is 0.263 e. The maximum atomic E-state index is 12.9. The van der Waals surface area contributed by atoms with Gasteiger partial charge in [-0.15, -0.1) is 11.3 Å². The van der Waals surface area contributed by atoms with E-state index in [9.17, 15) is 4.79 Å². The summed E-state index contributed by atoms with van der Waals surface area (Å²) in [4.78, 5) is 16.7. The lowest BCUT2D eigenvalue weighted by Crippen LogP contribution is -2.37. The number of carbonyl (C=O) groups excluding carboxylic acids is 1. The molecule has 0 N–H and O–H groups in total. The molecule has 0 spiro atoms. The quantitative estimate of drug-likeness (QED) is 0.686.